The summed E-state index contributed by atoms with van der Waals surface area (Å²) in [5.74, 6) is 0. The van der Waals surface area contributed by atoms with Crippen LogP contribution in [0.25, 0.3) is 0 Å². The number of hydrogen-bond acceptors (Lipinski definition) is 4. The zero-order valence-corrected chi connectivity index (χ0v) is 9.00. The van der Waals surface area contributed by atoms with E-state index in [2.05, 4.69) is 0 Å². The lowest BCUT2D eigenvalue weighted by Gasteiger charge is -2.25. The van der Waals surface area contributed by atoms with Gasteiger partial charge in [0, 0.05) is 19.8 Å². The van der Waals surface area contributed by atoms with Gasteiger partial charge >= 0.3 is 8.80 Å². The second-order valence-electron chi connectivity index (χ2n) is 2.14. The van der Waals surface area contributed by atoms with Gasteiger partial charge in [0.1, 0.15) is 6.23 Å². The molecule has 0 aliphatic carbocycles. The number of aliphatic hydroxyl groups excluding tert-OH is 1. The van der Waals surface area contributed by atoms with Crippen LogP contribution in [0.1, 0.15) is 20.8 Å². The lowest BCUT2D eigenvalue weighted by Crippen LogP contribution is -2.50. The van der Waals surface area contributed by atoms with Crippen LogP contribution in [0.5, 0.6) is 0 Å². The fraction of sp³-hybridized carbons (Fsp3) is 1.00. The SMILES string of the molecule is CCO[Si](CO)(OCC)OCC.[SiH4]. The molecule has 0 aliphatic heterocycles. The van der Waals surface area contributed by atoms with Crippen LogP contribution in [0.15, 0.2) is 0 Å². The van der Waals surface area contributed by atoms with Gasteiger partial charge in [0.25, 0.3) is 0 Å². The Morgan fingerprint density at radius 1 is 0.923 bits per heavy atom. The molecule has 0 aliphatic rings. The predicted octanol–water partition coefficient (Wildman–Crippen LogP) is -0.885. The molecule has 0 saturated carbocycles. The normalized spacial score (nSPS) is 11.1. The van der Waals surface area contributed by atoms with Crippen LogP contribution in [0.2, 0.25) is 0 Å². The molecule has 0 aromatic heterocycles. The fourth-order valence-corrected chi connectivity index (χ4v) is 2.77. The minimum Gasteiger partial charge on any atom is -0.392 e. The summed E-state index contributed by atoms with van der Waals surface area (Å²) in [6, 6.07) is 0. The Kier molecular flexibility index (Phi) is 10.7. The van der Waals surface area contributed by atoms with Crippen molar-refractivity contribution in [3.8, 4) is 0 Å². The molecule has 0 spiro atoms. The van der Waals surface area contributed by atoms with E-state index in [4.69, 9.17) is 18.4 Å². The van der Waals surface area contributed by atoms with Crippen LogP contribution < -0.4 is 0 Å². The van der Waals surface area contributed by atoms with Crippen molar-refractivity contribution in [1.29, 1.82) is 0 Å². The van der Waals surface area contributed by atoms with Gasteiger partial charge in [-0.3, -0.25) is 0 Å². The van der Waals surface area contributed by atoms with E-state index < -0.39 is 8.80 Å². The van der Waals surface area contributed by atoms with Gasteiger partial charge < -0.3 is 18.4 Å². The van der Waals surface area contributed by atoms with E-state index in [0.717, 1.165) is 0 Å². The molecule has 0 heterocycles. The van der Waals surface area contributed by atoms with Gasteiger partial charge in [0.05, 0.1) is 0 Å². The van der Waals surface area contributed by atoms with Crippen molar-refractivity contribution in [2.75, 3.05) is 26.1 Å². The number of rotatable bonds is 7. The summed E-state index contributed by atoms with van der Waals surface area (Å²) >= 11 is 0. The van der Waals surface area contributed by atoms with Crippen LogP contribution in [0.3, 0.4) is 0 Å². The monoisotopic (exact) mass is 226 g/mol. The Morgan fingerprint density at radius 3 is 1.38 bits per heavy atom. The van der Waals surface area contributed by atoms with E-state index in [-0.39, 0.29) is 17.2 Å². The molecule has 0 rings (SSSR count). The molecular weight excluding hydrogens is 204 g/mol. The zero-order chi connectivity index (χ0) is 9.45. The smallest absolute Gasteiger partial charge is 0.392 e. The highest BCUT2D eigenvalue weighted by Gasteiger charge is 2.39. The summed E-state index contributed by atoms with van der Waals surface area (Å²) in [6.45, 7) is 7.09. The van der Waals surface area contributed by atoms with Gasteiger partial charge in [-0.15, -0.1) is 0 Å². The minimum absolute atomic E-state index is 0. The third kappa shape index (κ3) is 5.55. The van der Waals surface area contributed by atoms with Gasteiger partial charge in [-0.25, -0.2) is 0 Å². The van der Waals surface area contributed by atoms with Crippen molar-refractivity contribution >= 4 is 19.8 Å². The molecule has 0 saturated heterocycles. The van der Waals surface area contributed by atoms with E-state index >= 15 is 0 Å². The van der Waals surface area contributed by atoms with Crippen molar-refractivity contribution in [2.24, 2.45) is 0 Å². The molecule has 13 heavy (non-hydrogen) atoms. The molecule has 0 aromatic carbocycles. The first kappa shape index (κ1) is 15.7. The summed E-state index contributed by atoms with van der Waals surface area (Å²) in [5.41, 5.74) is 0. The molecule has 0 unspecified atom stereocenters. The maximum atomic E-state index is 9.06. The summed E-state index contributed by atoms with van der Waals surface area (Å²) in [4.78, 5) is 0. The highest BCUT2D eigenvalue weighted by Crippen LogP contribution is 2.08. The first-order chi connectivity index (χ1) is 5.74. The van der Waals surface area contributed by atoms with Gasteiger partial charge in [-0.05, 0) is 31.7 Å². The van der Waals surface area contributed by atoms with Gasteiger partial charge in [-0.2, -0.15) is 0 Å². The summed E-state index contributed by atoms with van der Waals surface area (Å²) in [5, 5.41) is 9.06. The fourth-order valence-electron chi connectivity index (χ4n) is 0.922. The molecule has 0 radical (unpaired) electrons. The third-order valence-corrected chi connectivity index (χ3v) is 3.86. The van der Waals surface area contributed by atoms with Crippen molar-refractivity contribution in [3.05, 3.63) is 0 Å². The molecule has 0 bridgehead atoms. The first-order valence-electron chi connectivity index (χ1n) is 4.27. The molecule has 0 atom stereocenters. The summed E-state index contributed by atoms with van der Waals surface area (Å²) in [6.07, 6.45) is -0.150. The first-order valence-corrected chi connectivity index (χ1v) is 6.20. The van der Waals surface area contributed by atoms with Gasteiger partial charge in [-0.1, -0.05) is 0 Å². The van der Waals surface area contributed by atoms with Crippen LogP contribution >= 0.6 is 0 Å². The molecular formula is C7H22O4Si2. The van der Waals surface area contributed by atoms with Crippen LogP contribution in [0.4, 0.5) is 0 Å². The lowest BCUT2D eigenvalue weighted by molar-refractivity contribution is 0.0504. The standard InChI is InChI=1S/C7H18O4Si.H4Si/c1-4-9-12(7-8,10-5-2)11-6-3;/h8H,4-7H2,1-3H3;1H4. The Hall–Kier alpha value is 0.274. The van der Waals surface area contributed by atoms with E-state index in [0.29, 0.717) is 19.8 Å². The van der Waals surface area contributed by atoms with Crippen LogP contribution in [-0.2, 0) is 13.3 Å². The third-order valence-electron chi connectivity index (χ3n) is 1.29. The molecule has 0 aromatic rings. The highest BCUT2D eigenvalue weighted by molar-refractivity contribution is 6.60. The average molecular weight is 226 g/mol. The molecule has 6 heteroatoms. The van der Waals surface area contributed by atoms with Crippen LogP contribution in [-0.4, -0.2) is 50.9 Å². The minimum atomic E-state index is -2.71. The summed E-state index contributed by atoms with van der Waals surface area (Å²) in [7, 11) is -2.71. The quantitative estimate of drug-likeness (QED) is 0.573. The van der Waals surface area contributed by atoms with E-state index in [1.807, 2.05) is 20.8 Å². The molecule has 0 amide bonds. The van der Waals surface area contributed by atoms with E-state index in [1.165, 1.54) is 0 Å². The lowest BCUT2D eigenvalue weighted by atomic mass is 10.9. The van der Waals surface area contributed by atoms with E-state index in [1.54, 1.807) is 0 Å². The number of hydrogen-bond donors (Lipinski definition) is 1. The Bertz CT molecular complexity index is 95.6. The molecule has 82 valence electrons. The Labute approximate surface area is 85.6 Å². The van der Waals surface area contributed by atoms with Gasteiger partial charge in [0.2, 0.25) is 0 Å². The number of aliphatic hydroxyl groups is 1. The van der Waals surface area contributed by atoms with Crippen LogP contribution in [0, 0.1) is 0 Å². The second-order valence-corrected chi connectivity index (χ2v) is 4.69. The van der Waals surface area contributed by atoms with Gasteiger partial charge in [0.15, 0.2) is 0 Å². The molecule has 0 fully saturated rings. The average Bonchev–Trinajstić information content (AvgIpc) is 2.06. The molecule has 4 nitrogen and oxygen atoms in total. The highest BCUT2D eigenvalue weighted by atomic mass is 28.4. The summed E-state index contributed by atoms with van der Waals surface area (Å²) < 4.78 is 15.9. The maximum absolute atomic E-state index is 9.06. The topological polar surface area (TPSA) is 47.9 Å². The van der Waals surface area contributed by atoms with E-state index in [9.17, 15) is 0 Å². The second kappa shape index (κ2) is 8.85. The van der Waals surface area contributed by atoms with Crippen molar-refractivity contribution in [3.63, 3.8) is 0 Å². The Balaban J connectivity index is 0. The van der Waals surface area contributed by atoms with Crippen molar-refractivity contribution in [1.82, 2.24) is 0 Å². The zero-order valence-electron chi connectivity index (χ0n) is 8.00. The van der Waals surface area contributed by atoms with Crippen molar-refractivity contribution < 1.29 is 18.4 Å². The Morgan fingerprint density at radius 2 is 1.23 bits per heavy atom. The largest absolute Gasteiger partial charge is 0.527 e. The predicted molar refractivity (Wildman–Crippen MR) is 59.1 cm³/mol. The van der Waals surface area contributed by atoms with Crippen molar-refractivity contribution in [2.45, 2.75) is 20.8 Å². The molecule has 1 N–H and O–H groups in total. The maximum Gasteiger partial charge on any atom is 0.527 e.